The highest BCUT2D eigenvalue weighted by Gasteiger charge is 2.36. The summed E-state index contributed by atoms with van der Waals surface area (Å²) in [5.41, 5.74) is 1.76. The van der Waals surface area contributed by atoms with Crippen LogP contribution in [0.15, 0.2) is 30.5 Å². The van der Waals surface area contributed by atoms with Crippen molar-refractivity contribution in [3.8, 4) is 0 Å². The molecule has 120 valence electrons. The molecule has 0 radical (unpaired) electrons. The van der Waals surface area contributed by atoms with Gasteiger partial charge in [-0.15, -0.1) is 0 Å². The fraction of sp³-hybridized carbons (Fsp3) is 0.471. The predicted octanol–water partition coefficient (Wildman–Crippen LogP) is 4.73. The van der Waals surface area contributed by atoms with Crippen LogP contribution in [0.25, 0.3) is 10.9 Å². The number of hydrogen-bond acceptors (Lipinski definition) is 2. The van der Waals surface area contributed by atoms with Gasteiger partial charge in [0.15, 0.2) is 8.32 Å². The van der Waals surface area contributed by atoms with Gasteiger partial charge >= 0.3 is 6.09 Å². The molecule has 1 heterocycles. The monoisotopic (exact) mass is 319 g/mol. The first kappa shape index (κ1) is 16.8. The maximum atomic E-state index is 11.3. The molecule has 0 fully saturated rings. The fourth-order valence-corrected chi connectivity index (χ4v) is 3.29. The van der Waals surface area contributed by atoms with Crippen molar-refractivity contribution in [3.63, 3.8) is 0 Å². The Kier molecular flexibility index (Phi) is 4.49. The highest BCUT2D eigenvalue weighted by Crippen LogP contribution is 2.36. The lowest BCUT2D eigenvalue weighted by atomic mass is 10.1. The summed E-state index contributed by atoms with van der Waals surface area (Å²) >= 11 is 0. The number of nitrogens with zero attached hydrogens (tertiary/aromatic N) is 1. The van der Waals surface area contributed by atoms with Crippen LogP contribution >= 0.6 is 0 Å². The van der Waals surface area contributed by atoms with E-state index in [9.17, 15) is 9.90 Å². The van der Waals surface area contributed by atoms with Crippen LogP contribution in [0.4, 0.5) is 4.79 Å². The molecule has 0 spiro atoms. The topological polar surface area (TPSA) is 51.5 Å². The quantitative estimate of drug-likeness (QED) is 0.829. The Morgan fingerprint density at radius 2 is 1.91 bits per heavy atom. The number of carboxylic acid groups (broad SMARTS) is 1. The maximum absolute atomic E-state index is 11.3. The van der Waals surface area contributed by atoms with Crippen molar-refractivity contribution in [1.82, 2.24) is 4.57 Å². The van der Waals surface area contributed by atoms with Crippen LogP contribution in [0.1, 0.15) is 26.3 Å². The average molecular weight is 319 g/mol. The van der Waals surface area contributed by atoms with E-state index in [-0.39, 0.29) is 5.04 Å². The molecule has 4 nitrogen and oxygen atoms in total. The first-order chi connectivity index (χ1) is 10.1. The van der Waals surface area contributed by atoms with E-state index >= 15 is 0 Å². The third-order valence-electron chi connectivity index (χ3n) is 4.64. The minimum absolute atomic E-state index is 0.183. The molecule has 22 heavy (non-hydrogen) atoms. The van der Waals surface area contributed by atoms with Crippen molar-refractivity contribution in [2.75, 3.05) is 6.61 Å². The van der Waals surface area contributed by atoms with Crippen LogP contribution in [-0.4, -0.2) is 30.7 Å². The molecule has 0 saturated heterocycles. The van der Waals surface area contributed by atoms with E-state index in [1.165, 1.54) is 4.57 Å². The molecule has 1 N–H and O–H groups in total. The van der Waals surface area contributed by atoms with Crippen molar-refractivity contribution < 1.29 is 14.3 Å². The van der Waals surface area contributed by atoms with E-state index in [2.05, 4.69) is 33.9 Å². The molecule has 0 atom stereocenters. The van der Waals surface area contributed by atoms with Gasteiger partial charge in [0.25, 0.3) is 0 Å². The number of benzene rings is 1. The third kappa shape index (κ3) is 3.25. The molecule has 0 aliphatic rings. The van der Waals surface area contributed by atoms with Gasteiger partial charge in [-0.1, -0.05) is 39.0 Å². The molecule has 1 aromatic heterocycles. The van der Waals surface area contributed by atoms with Crippen molar-refractivity contribution in [1.29, 1.82) is 0 Å². The highest BCUT2D eigenvalue weighted by molar-refractivity contribution is 6.74. The number of rotatable bonds is 4. The largest absolute Gasteiger partial charge is 0.464 e. The van der Waals surface area contributed by atoms with E-state index in [0.29, 0.717) is 6.61 Å². The van der Waals surface area contributed by atoms with Gasteiger partial charge in [0.2, 0.25) is 0 Å². The van der Waals surface area contributed by atoms with E-state index in [0.717, 1.165) is 22.9 Å². The Morgan fingerprint density at radius 1 is 1.27 bits per heavy atom. The van der Waals surface area contributed by atoms with Gasteiger partial charge < -0.3 is 9.53 Å². The van der Waals surface area contributed by atoms with Gasteiger partial charge in [-0.3, -0.25) is 4.57 Å². The van der Waals surface area contributed by atoms with Gasteiger partial charge in [-0.25, -0.2) is 4.79 Å². The molecule has 0 amide bonds. The highest BCUT2D eigenvalue weighted by atomic mass is 28.4. The van der Waals surface area contributed by atoms with Crippen LogP contribution in [-0.2, 0) is 10.8 Å². The average Bonchev–Trinajstić information content (AvgIpc) is 2.77. The minimum Gasteiger partial charge on any atom is -0.464 e. The maximum Gasteiger partial charge on any atom is 0.416 e. The smallest absolute Gasteiger partial charge is 0.416 e. The zero-order chi connectivity index (χ0) is 16.5. The summed E-state index contributed by atoms with van der Waals surface area (Å²) in [7, 11) is -1.76. The van der Waals surface area contributed by atoms with Gasteiger partial charge in [0.05, 0.1) is 5.52 Å². The van der Waals surface area contributed by atoms with Crippen molar-refractivity contribution >= 4 is 25.3 Å². The number of carbonyl (C=O) groups is 1. The zero-order valence-electron chi connectivity index (χ0n) is 14.0. The summed E-state index contributed by atoms with van der Waals surface area (Å²) in [6.45, 7) is 11.7. The van der Waals surface area contributed by atoms with Crippen molar-refractivity contribution in [2.45, 2.75) is 45.3 Å². The summed E-state index contributed by atoms with van der Waals surface area (Å²) in [6.07, 6.45) is 1.49. The lowest BCUT2D eigenvalue weighted by Crippen LogP contribution is -2.41. The van der Waals surface area contributed by atoms with E-state index in [1.54, 1.807) is 6.20 Å². The molecule has 0 saturated carbocycles. The van der Waals surface area contributed by atoms with Crippen LogP contribution in [0, 0.1) is 0 Å². The Hall–Kier alpha value is -1.59. The van der Waals surface area contributed by atoms with Gasteiger partial charge in [0, 0.05) is 18.2 Å². The second kappa shape index (κ2) is 5.89. The molecule has 5 heteroatoms. The molecular weight excluding hydrogens is 294 g/mol. The minimum atomic E-state index is -1.76. The molecule has 0 aliphatic heterocycles. The van der Waals surface area contributed by atoms with E-state index in [1.807, 2.05) is 24.3 Å². The molecule has 2 rings (SSSR count). The molecule has 0 aliphatic carbocycles. The number of hydrogen-bond donors (Lipinski definition) is 1. The lowest BCUT2D eigenvalue weighted by molar-refractivity contribution is 0.197. The molecule has 0 unspecified atom stereocenters. The van der Waals surface area contributed by atoms with E-state index < -0.39 is 14.4 Å². The summed E-state index contributed by atoms with van der Waals surface area (Å²) in [4.78, 5) is 11.3. The molecule has 1 aromatic carbocycles. The number of aromatic nitrogens is 1. The molecule has 0 bridgehead atoms. The van der Waals surface area contributed by atoms with Crippen LogP contribution in [0.2, 0.25) is 18.1 Å². The SMILES string of the molecule is CC(C)(C)[Si](C)(C)OCCc1cn(C(=O)O)c2ccccc12. The number of para-hydroxylation sites is 1. The fourth-order valence-electron chi connectivity index (χ4n) is 2.24. The third-order valence-corrected chi connectivity index (χ3v) is 9.18. The molecular formula is C17H25NO3Si. The first-order valence-corrected chi connectivity index (χ1v) is 10.5. The Bertz CT molecular complexity index is 683. The predicted molar refractivity (Wildman–Crippen MR) is 92.2 cm³/mol. The van der Waals surface area contributed by atoms with Gasteiger partial charge in [-0.05, 0) is 36.2 Å². The molecule has 2 aromatic rings. The van der Waals surface area contributed by atoms with Crippen molar-refractivity contribution in [2.24, 2.45) is 0 Å². The Balaban J connectivity index is 2.18. The second-order valence-corrected chi connectivity index (χ2v) is 12.0. The van der Waals surface area contributed by atoms with Crippen molar-refractivity contribution in [3.05, 3.63) is 36.0 Å². The normalized spacial score (nSPS) is 12.8. The standard InChI is InChI=1S/C17H25NO3Si/c1-17(2,3)22(4,5)21-11-10-13-12-18(16(19)20)15-9-7-6-8-14(13)15/h6-9,12H,10-11H2,1-5H3,(H,19,20). The van der Waals surface area contributed by atoms with Crippen LogP contribution in [0.3, 0.4) is 0 Å². The van der Waals surface area contributed by atoms with Crippen LogP contribution in [0.5, 0.6) is 0 Å². The lowest BCUT2D eigenvalue weighted by Gasteiger charge is -2.36. The summed E-state index contributed by atoms with van der Waals surface area (Å²) in [6, 6.07) is 7.60. The Morgan fingerprint density at radius 3 is 2.50 bits per heavy atom. The number of fused-ring (bicyclic) bond motifs is 1. The first-order valence-electron chi connectivity index (χ1n) is 7.60. The summed E-state index contributed by atoms with van der Waals surface area (Å²) in [5, 5.41) is 10.5. The van der Waals surface area contributed by atoms with Gasteiger partial charge in [0.1, 0.15) is 0 Å². The van der Waals surface area contributed by atoms with Gasteiger partial charge in [-0.2, -0.15) is 0 Å². The zero-order valence-corrected chi connectivity index (χ0v) is 15.0. The summed E-state index contributed by atoms with van der Waals surface area (Å²) < 4.78 is 7.49. The summed E-state index contributed by atoms with van der Waals surface area (Å²) in [5.74, 6) is 0. The van der Waals surface area contributed by atoms with Crippen LogP contribution < -0.4 is 0 Å². The van der Waals surface area contributed by atoms with E-state index in [4.69, 9.17) is 4.43 Å². The second-order valence-electron chi connectivity index (χ2n) is 7.18. The Labute approximate surface area is 132 Å².